The molecular formula is C15H28F3NO. The normalized spacial score (nSPS) is 23.7. The van der Waals surface area contributed by atoms with E-state index in [9.17, 15) is 13.2 Å². The van der Waals surface area contributed by atoms with E-state index in [1.54, 1.807) is 0 Å². The molecule has 2 unspecified atom stereocenters. The van der Waals surface area contributed by atoms with Crippen LogP contribution in [0, 0.1) is 17.8 Å². The molecule has 2 nitrogen and oxygen atoms in total. The Bertz CT molecular complexity index is 256. The number of hydrogen-bond acceptors (Lipinski definition) is 2. The predicted octanol–water partition coefficient (Wildman–Crippen LogP) is 4.01. The molecule has 0 aliphatic heterocycles. The fourth-order valence-electron chi connectivity index (χ4n) is 2.96. The predicted molar refractivity (Wildman–Crippen MR) is 74.6 cm³/mol. The van der Waals surface area contributed by atoms with Crippen molar-refractivity contribution in [1.82, 2.24) is 5.32 Å². The monoisotopic (exact) mass is 295 g/mol. The molecule has 20 heavy (non-hydrogen) atoms. The minimum absolute atomic E-state index is 0.224. The van der Waals surface area contributed by atoms with Gasteiger partial charge in [0.25, 0.3) is 0 Å². The summed E-state index contributed by atoms with van der Waals surface area (Å²) in [4.78, 5) is 0. The number of nitrogens with one attached hydrogen (secondary N) is 1. The van der Waals surface area contributed by atoms with Crippen molar-refractivity contribution in [3.8, 4) is 0 Å². The average Bonchev–Trinajstić information content (AvgIpc) is 2.74. The quantitative estimate of drug-likeness (QED) is 0.649. The van der Waals surface area contributed by atoms with Crippen molar-refractivity contribution in [3.05, 3.63) is 0 Å². The van der Waals surface area contributed by atoms with Crippen molar-refractivity contribution in [2.24, 2.45) is 17.8 Å². The van der Waals surface area contributed by atoms with E-state index in [1.165, 1.54) is 19.3 Å². The van der Waals surface area contributed by atoms with Crippen molar-refractivity contribution in [1.29, 1.82) is 0 Å². The molecule has 0 radical (unpaired) electrons. The molecule has 1 aliphatic rings. The molecule has 0 bridgehead atoms. The lowest BCUT2D eigenvalue weighted by molar-refractivity contribution is -0.174. The third-order valence-corrected chi connectivity index (χ3v) is 3.90. The molecule has 0 saturated heterocycles. The number of rotatable bonds is 9. The van der Waals surface area contributed by atoms with Crippen LogP contribution < -0.4 is 5.32 Å². The highest BCUT2D eigenvalue weighted by Crippen LogP contribution is 2.34. The van der Waals surface area contributed by atoms with E-state index in [1.807, 2.05) is 0 Å². The van der Waals surface area contributed by atoms with Gasteiger partial charge in [-0.3, -0.25) is 0 Å². The SMILES string of the molecule is CC(C)CNCC1CCCC1CCCOCC(F)(F)F. The first-order valence-electron chi connectivity index (χ1n) is 7.73. The highest BCUT2D eigenvalue weighted by atomic mass is 19.4. The molecule has 2 atom stereocenters. The van der Waals surface area contributed by atoms with Gasteiger partial charge < -0.3 is 10.1 Å². The van der Waals surface area contributed by atoms with Crippen LogP contribution in [0.1, 0.15) is 46.0 Å². The molecule has 0 aromatic heterocycles. The van der Waals surface area contributed by atoms with Crippen LogP contribution in [0.25, 0.3) is 0 Å². The van der Waals surface area contributed by atoms with Gasteiger partial charge in [0.1, 0.15) is 6.61 Å². The Balaban J connectivity index is 2.09. The molecule has 0 spiro atoms. The van der Waals surface area contributed by atoms with Gasteiger partial charge in [-0.15, -0.1) is 0 Å². The molecule has 120 valence electrons. The van der Waals surface area contributed by atoms with Crippen LogP contribution in [0.4, 0.5) is 13.2 Å². The summed E-state index contributed by atoms with van der Waals surface area (Å²) < 4.78 is 40.4. The summed E-state index contributed by atoms with van der Waals surface area (Å²) in [5.41, 5.74) is 0. The largest absolute Gasteiger partial charge is 0.411 e. The Morgan fingerprint density at radius 1 is 1.20 bits per heavy atom. The van der Waals surface area contributed by atoms with Crippen molar-refractivity contribution in [2.45, 2.75) is 52.1 Å². The second-order valence-electron chi connectivity index (χ2n) is 6.31. The highest BCUT2D eigenvalue weighted by Gasteiger charge is 2.28. The topological polar surface area (TPSA) is 21.3 Å². The maximum atomic E-state index is 11.9. The van der Waals surface area contributed by atoms with E-state index in [2.05, 4.69) is 23.9 Å². The van der Waals surface area contributed by atoms with Crippen LogP contribution in [-0.2, 0) is 4.74 Å². The first kappa shape index (κ1) is 17.8. The first-order chi connectivity index (χ1) is 9.38. The Kier molecular flexibility index (Phi) is 7.88. The van der Waals surface area contributed by atoms with Gasteiger partial charge in [0.2, 0.25) is 0 Å². The van der Waals surface area contributed by atoms with Crippen molar-refractivity contribution in [2.75, 3.05) is 26.3 Å². The van der Waals surface area contributed by atoms with E-state index in [0.717, 1.165) is 25.9 Å². The van der Waals surface area contributed by atoms with E-state index in [4.69, 9.17) is 0 Å². The molecule has 1 rings (SSSR count). The van der Waals surface area contributed by atoms with Crippen LogP contribution in [0.15, 0.2) is 0 Å². The van der Waals surface area contributed by atoms with Gasteiger partial charge in [-0.25, -0.2) is 0 Å². The fraction of sp³-hybridized carbons (Fsp3) is 1.00. The first-order valence-corrected chi connectivity index (χ1v) is 7.73. The molecule has 1 fully saturated rings. The molecular weight excluding hydrogens is 267 g/mol. The zero-order valence-corrected chi connectivity index (χ0v) is 12.6. The van der Waals surface area contributed by atoms with Gasteiger partial charge in [-0.05, 0) is 50.1 Å². The smallest absolute Gasteiger partial charge is 0.372 e. The molecule has 1 N–H and O–H groups in total. The summed E-state index contributed by atoms with van der Waals surface area (Å²) in [6.45, 7) is 5.58. The minimum Gasteiger partial charge on any atom is -0.372 e. The van der Waals surface area contributed by atoms with Gasteiger partial charge in [0.15, 0.2) is 0 Å². The van der Waals surface area contributed by atoms with Crippen LogP contribution in [0.3, 0.4) is 0 Å². The molecule has 0 aromatic rings. The van der Waals surface area contributed by atoms with Crippen LogP contribution in [0.2, 0.25) is 0 Å². The number of halogens is 3. The fourth-order valence-corrected chi connectivity index (χ4v) is 2.96. The van der Waals surface area contributed by atoms with Crippen molar-refractivity contribution >= 4 is 0 Å². The lowest BCUT2D eigenvalue weighted by Gasteiger charge is -2.20. The van der Waals surface area contributed by atoms with E-state index >= 15 is 0 Å². The Morgan fingerprint density at radius 2 is 1.90 bits per heavy atom. The maximum Gasteiger partial charge on any atom is 0.411 e. The van der Waals surface area contributed by atoms with Gasteiger partial charge >= 0.3 is 6.18 Å². The number of hydrogen-bond donors (Lipinski definition) is 1. The third-order valence-electron chi connectivity index (χ3n) is 3.90. The molecule has 0 heterocycles. The second kappa shape index (κ2) is 8.88. The zero-order chi connectivity index (χ0) is 15.0. The van der Waals surface area contributed by atoms with Crippen molar-refractivity contribution < 1.29 is 17.9 Å². The molecule has 1 aliphatic carbocycles. The summed E-state index contributed by atoms with van der Waals surface area (Å²) >= 11 is 0. The van der Waals surface area contributed by atoms with Crippen LogP contribution in [-0.4, -0.2) is 32.5 Å². The summed E-state index contributed by atoms with van der Waals surface area (Å²) in [5, 5.41) is 3.50. The van der Waals surface area contributed by atoms with E-state index in [-0.39, 0.29) is 6.61 Å². The standard InChI is InChI=1S/C15H28F3NO/c1-12(2)9-19-10-14-6-3-5-13(14)7-4-8-20-11-15(16,17)18/h12-14,19H,3-11H2,1-2H3. The lowest BCUT2D eigenvalue weighted by Crippen LogP contribution is -2.28. The maximum absolute atomic E-state index is 11.9. The average molecular weight is 295 g/mol. The number of alkyl halides is 3. The Morgan fingerprint density at radius 3 is 2.55 bits per heavy atom. The summed E-state index contributed by atoms with van der Waals surface area (Å²) in [7, 11) is 0. The minimum atomic E-state index is -4.20. The molecule has 1 saturated carbocycles. The third kappa shape index (κ3) is 8.10. The highest BCUT2D eigenvalue weighted by molar-refractivity contribution is 4.79. The zero-order valence-electron chi connectivity index (χ0n) is 12.6. The van der Waals surface area contributed by atoms with Crippen molar-refractivity contribution in [3.63, 3.8) is 0 Å². The van der Waals surface area contributed by atoms with E-state index in [0.29, 0.717) is 17.8 Å². The number of ether oxygens (including phenoxy) is 1. The molecule has 0 aromatic carbocycles. The summed E-state index contributed by atoms with van der Waals surface area (Å²) in [6.07, 6.45) is 1.25. The Hall–Kier alpha value is -0.290. The molecule has 0 amide bonds. The van der Waals surface area contributed by atoms with Gasteiger partial charge in [0, 0.05) is 6.61 Å². The summed E-state index contributed by atoms with van der Waals surface area (Å²) in [5.74, 6) is 2.01. The van der Waals surface area contributed by atoms with Crippen LogP contribution >= 0.6 is 0 Å². The van der Waals surface area contributed by atoms with Gasteiger partial charge in [-0.2, -0.15) is 13.2 Å². The molecule has 5 heteroatoms. The van der Waals surface area contributed by atoms with Gasteiger partial charge in [-0.1, -0.05) is 26.7 Å². The van der Waals surface area contributed by atoms with Gasteiger partial charge in [0.05, 0.1) is 0 Å². The Labute approximate surface area is 120 Å². The second-order valence-corrected chi connectivity index (χ2v) is 6.31. The summed E-state index contributed by atoms with van der Waals surface area (Å²) in [6, 6.07) is 0. The lowest BCUT2D eigenvalue weighted by atomic mass is 9.91. The van der Waals surface area contributed by atoms with E-state index < -0.39 is 12.8 Å². The van der Waals surface area contributed by atoms with Crippen LogP contribution in [0.5, 0.6) is 0 Å².